The number of nitrogens with zero attached hydrogens (tertiary/aromatic N) is 4. The van der Waals surface area contributed by atoms with Crippen molar-refractivity contribution in [3.05, 3.63) is 63.5 Å². The third kappa shape index (κ3) is 3.26. The van der Waals surface area contributed by atoms with Crippen molar-refractivity contribution < 1.29 is 4.92 Å². The van der Waals surface area contributed by atoms with Gasteiger partial charge in [0.1, 0.15) is 17.6 Å². The van der Waals surface area contributed by atoms with Gasteiger partial charge >= 0.3 is 0 Å². The number of nitriles is 1. The van der Waals surface area contributed by atoms with Gasteiger partial charge in [0.05, 0.1) is 21.5 Å². The Kier molecular flexibility index (Phi) is 4.42. The van der Waals surface area contributed by atoms with E-state index in [4.69, 9.17) is 0 Å². The summed E-state index contributed by atoms with van der Waals surface area (Å²) in [5, 5.41) is 20.8. The number of hydrogen-bond acceptors (Lipinski definition) is 5. The van der Waals surface area contributed by atoms with Gasteiger partial charge in [-0.25, -0.2) is 4.98 Å². The Morgan fingerprint density at radius 3 is 2.73 bits per heavy atom. The number of fused-ring (bicyclic) bond motifs is 1. The molecule has 1 heterocycles. The van der Waals surface area contributed by atoms with Gasteiger partial charge in [0, 0.05) is 20.2 Å². The lowest BCUT2D eigenvalue weighted by molar-refractivity contribution is -0.384. The van der Waals surface area contributed by atoms with E-state index in [2.05, 4.69) is 16.0 Å². The quantitative estimate of drug-likeness (QED) is 0.438. The van der Waals surface area contributed by atoms with Crippen LogP contribution in [0.5, 0.6) is 0 Å². The summed E-state index contributed by atoms with van der Waals surface area (Å²) in [5.41, 5.74) is 4.06. The van der Waals surface area contributed by atoms with Crippen LogP contribution in [-0.4, -0.2) is 29.0 Å². The Morgan fingerprint density at radius 1 is 1.31 bits per heavy atom. The highest BCUT2D eigenvalue weighted by atomic mass is 16.6. The van der Waals surface area contributed by atoms with E-state index in [-0.39, 0.29) is 5.69 Å². The van der Waals surface area contributed by atoms with Gasteiger partial charge in [0.15, 0.2) is 0 Å². The molecule has 7 nitrogen and oxygen atoms in total. The standard InChI is InChI=1S/C19H17N5O2/c1-12-4-6-15-16(8-12)22-19(21-15)14(11-20)9-13-5-7-17(23(2)3)18(10-13)24(25)26/h4-10H,1-3H3,(H,21,22)/b14-9+. The highest BCUT2D eigenvalue weighted by Crippen LogP contribution is 2.29. The fourth-order valence-electron chi connectivity index (χ4n) is 2.73. The molecule has 0 radical (unpaired) electrons. The summed E-state index contributed by atoms with van der Waals surface area (Å²) in [4.78, 5) is 20.1. The number of aromatic nitrogens is 2. The third-order valence-electron chi connectivity index (χ3n) is 4.00. The molecule has 0 aliphatic carbocycles. The molecular weight excluding hydrogens is 330 g/mol. The van der Waals surface area contributed by atoms with E-state index in [0.29, 0.717) is 22.6 Å². The first-order valence-corrected chi connectivity index (χ1v) is 7.93. The van der Waals surface area contributed by atoms with Gasteiger partial charge in [0.25, 0.3) is 5.69 Å². The van der Waals surface area contributed by atoms with Crippen LogP contribution in [0.15, 0.2) is 36.4 Å². The van der Waals surface area contributed by atoms with Gasteiger partial charge in [-0.15, -0.1) is 0 Å². The van der Waals surface area contributed by atoms with E-state index in [0.717, 1.165) is 16.6 Å². The van der Waals surface area contributed by atoms with Crippen molar-refractivity contribution in [1.82, 2.24) is 9.97 Å². The molecule has 7 heteroatoms. The highest BCUT2D eigenvalue weighted by molar-refractivity contribution is 5.91. The van der Waals surface area contributed by atoms with Gasteiger partial charge in [0.2, 0.25) is 0 Å². The summed E-state index contributed by atoms with van der Waals surface area (Å²) < 4.78 is 0. The summed E-state index contributed by atoms with van der Waals surface area (Å²) in [7, 11) is 3.49. The summed E-state index contributed by atoms with van der Waals surface area (Å²) in [6.07, 6.45) is 1.59. The molecule has 0 saturated heterocycles. The van der Waals surface area contributed by atoms with Gasteiger partial charge in [-0.1, -0.05) is 12.1 Å². The number of nitrogens with one attached hydrogen (secondary N) is 1. The predicted octanol–water partition coefficient (Wildman–Crippen LogP) is 3.91. The number of H-pyrrole nitrogens is 1. The smallest absolute Gasteiger partial charge is 0.293 e. The van der Waals surface area contributed by atoms with Crippen LogP contribution in [0.3, 0.4) is 0 Å². The monoisotopic (exact) mass is 347 g/mol. The average molecular weight is 347 g/mol. The van der Waals surface area contributed by atoms with Crippen LogP contribution in [-0.2, 0) is 0 Å². The molecule has 0 bridgehead atoms. The lowest BCUT2D eigenvalue weighted by Gasteiger charge is -2.12. The number of rotatable bonds is 4. The van der Waals surface area contributed by atoms with Gasteiger partial charge < -0.3 is 9.88 Å². The van der Waals surface area contributed by atoms with E-state index in [1.54, 1.807) is 37.2 Å². The maximum absolute atomic E-state index is 11.3. The van der Waals surface area contributed by atoms with E-state index in [1.807, 2.05) is 25.1 Å². The van der Waals surface area contributed by atoms with Gasteiger partial charge in [-0.2, -0.15) is 5.26 Å². The van der Waals surface area contributed by atoms with E-state index < -0.39 is 4.92 Å². The van der Waals surface area contributed by atoms with E-state index in [1.165, 1.54) is 6.07 Å². The topological polar surface area (TPSA) is 98.8 Å². The van der Waals surface area contributed by atoms with Crippen molar-refractivity contribution in [3.63, 3.8) is 0 Å². The normalized spacial score (nSPS) is 11.4. The Bertz CT molecular complexity index is 1070. The zero-order valence-corrected chi connectivity index (χ0v) is 14.6. The zero-order valence-electron chi connectivity index (χ0n) is 14.6. The molecule has 1 N–H and O–H groups in total. The third-order valence-corrected chi connectivity index (χ3v) is 4.00. The number of imidazole rings is 1. The Labute approximate surface area is 150 Å². The minimum absolute atomic E-state index is 0.0127. The lowest BCUT2D eigenvalue weighted by atomic mass is 10.1. The second kappa shape index (κ2) is 6.69. The molecule has 0 atom stereocenters. The van der Waals surface area contributed by atoms with Crippen LogP contribution in [0.2, 0.25) is 0 Å². The molecule has 0 aliphatic rings. The fourth-order valence-corrected chi connectivity index (χ4v) is 2.73. The molecule has 0 spiro atoms. The molecule has 0 saturated carbocycles. The molecule has 1 aromatic heterocycles. The number of hydrogen-bond donors (Lipinski definition) is 1. The van der Waals surface area contributed by atoms with Crippen LogP contribution < -0.4 is 4.90 Å². The summed E-state index contributed by atoms with van der Waals surface area (Å²) in [5.74, 6) is 0.437. The first kappa shape index (κ1) is 17.2. The van der Waals surface area contributed by atoms with E-state index >= 15 is 0 Å². The molecule has 2 aromatic carbocycles. The predicted molar refractivity (Wildman–Crippen MR) is 102 cm³/mol. The Balaban J connectivity index is 2.07. The molecule has 0 amide bonds. The van der Waals surface area contributed by atoms with Gasteiger partial charge in [-0.3, -0.25) is 10.1 Å². The number of benzene rings is 2. The summed E-state index contributed by atoms with van der Waals surface area (Å²) >= 11 is 0. The number of aromatic amines is 1. The highest BCUT2D eigenvalue weighted by Gasteiger charge is 2.16. The van der Waals surface area contributed by atoms with Crippen molar-refractivity contribution >= 4 is 34.1 Å². The summed E-state index contributed by atoms with van der Waals surface area (Å²) in [6, 6.07) is 12.8. The maximum Gasteiger partial charge on any atom is 0.293 e. The van der Waals surface area contributed by atoms with Crippen molar-refractivity contribution in [3.8, 4) is 6.07 Å². The van der Waals surface area contributed by atoms with Crippen LogP contribution in [0.4, 0.5) is 11.4 Å². The van der Waals surface area contributed by atoms with Crippen molar-refractivity contribution in [2.45, 2.75) is 6.92 Å². The first-order valence-electron chi connectivity index (χ1n) is 7.93. The zero-order chi connectivity index (χ0) is 18.8. The van der Waals surface area contributed by atoms with Crippen LogP contribution in [0.25, 0.3) is 22.7 Å². The molecule has 0 aliphatic heterocycles. The number of aryl methyl sites for hydroxylation is 1. The number of nitro benzene ring substituents is 1. The van der Waals surface area contributed by atoms with Gasteiger partial charge in [-0.05, 0) is 42.3 Å². The number of allylic oxidation sites excluding steroid dienone is 1. The molecule has 0 fully saturated rings. The maximum atomic E-state index is 11.3. The molecule has 3 aromatic rings. The SMILES string of the molecule is Cc1ccc2nc(/C(C#N)=C/c3ccc(N(C)C)c([N+](=O)[O-])c3)[nH]c2c1. The minimum Gasteiger partial charge on any atom is -0.372 e. The fraction of sp³-hybridized carbons (Fsp3) is 0.158. The molecular formula is C19H17N5O2. The molecule has 3 rings (SSSR count). The van der Waals surface area contributed by atoms with Crippen molar-refractivity contribution in [1.29, 1.82) is 5.26 Å². The first-order chi connectivity index (χ1) is 12.4. The van der Waals surface area contributed by atoms with Crippen molar-refractivity contribution in [2.75, 3.05) is 19.0 Å². The number of anilines is 1. The second-order valence-electron chi connectivity index (χ2n) is 6.18. The van der Waals surface area contributed by atoms with E-state index in [9.17, 15) is 15.4 Å². The molecule has 130 valence electrons. The van der Waals surface area contributed by atoms with Crippen LogP contribution in [0.1, 0.15) is 17.0 Å². The molecule has 26 heavy (non-hydrogen) atoms. The second-order valence-corrected chi connectivity index (χ2v) is 6.18. The Hall–Kier alpha value is -3.66. The Morgan fingerprint density at radius 2 is 2.08 bits per heavy atom. The molecule has 0 unspecified atom stereocenters. The average Bonchev–Trinajstić information content (AvgIpc) is 3.02. The largest absolute Gasteiger partial charge is 0.372 e. The van der Waals surface area contributed by atoms with Crippen LogP contribution in [0, 0.1) is 28.4 Å². The van der Waals surface area contributed by atoms with Crippen LogP contribution >= 0.6 is 0 Å². The minimum atomic E-state index is -0.428. The van der Waals surface area contributed by atoms with Crippen molar-refractivity contribution in [2.24, 2.45) is 0 Å². The number of nitro groups is 1. The lowest BCUT2D eigenvalue weighted by Crippen LogP contribution is -2.11. The summed E-state index contributed by atoms with van der Waals surface area (Å²) in [6.45, 7) is 1.98.